The number of carbonyl (C=O) groups excluding carboxylic acids is 1. The Labute approximate surface area is 127 Å². The summed E-state index contributed by atoms with van der Waals surface area (Å²) in [6.45, 7) is 5.83. The van der Waals surface area contributed by atoms with Gasteiger partial charge in [0.05, 0.1) is 20.8 Å². The summed E-state index contributed by atoms with van der Waals surface area (Å²) in [7, 11) is 5.15. The molecule has 0 fully saturated rings. The van der Waals surface area contributed by atoms with Crippen molar-refractivity contribution >= 4 is 5.91 Å². The molecule has 5 nitrogen and oxygen atoms in total. The van der Waals surface area contributed by atoms with Crippen molar-refractivity contribution in [3.8, 4) is 11.5 Å². The van der Waals surface area contributed by atoms with Crippen LogP contribution in [0.2, 0.25) is 0 Å². The molecule has 0 saturated heterocycles. The Balaban J connectivity index is 2.62. The zero-order chi connectivity index (χ0) is 15.8. The number of rotatable bonds is 8. The lowest BCUT2D eigenvalue weighted by Crippen LogP contribution is -2.36. The van der Waals surface area contributed by atoms with E-state index in [0.29, 0.717) is 31.3 Å². The zero-order valence-electron chi connectivity index (χ0n) is 13.6. The number of carbonyl (C=O) groups is 1. The molecule has 0 spiro atoms. The van der Waals surface area contributed by atoms with Crippen LogP contribution in [0.1, 0.15) is 19.4 Å². The highest BCUT2D eigenvalue weighted by atomic mass is 16.5. The van der Waals surface area contributed by atoms with Crippen LogP contribution in [0.3, 0.4) is 0 Å². The molecule has 0 aliphatic carbocycles. The minimum absolute atomic E-state index is 0.0352. The number of para-hydroxylation sites is 1. The second-order valence-corrected chi connectivity index (χ2v) is 5.52. The van der Waals surface area contributed by atoms with Crippen molar-refractivity contribution in [3.05, 3.63) is 23.8 Å². The minimum atomic E-state index is 0.0352. The highest BCUT2D eigenvalue weighted by molar-refractivity contribution is 5.77. The molecule has 0 aliphatic heterocycles. The molecule has 0 bridgehead atoms. The summed E-state index contributed by atoms with van der Waals surface area (Å²) in [5.41, 5.74) is 0.996. The van der Waals surface area contributed by atoms with E-state index >= 15 is 0 Å². The molecule has 0 unspecified atom stereocenters. The normalized spacial score (nSPS) is 10.8. The van der Waals surface area contributed by atoms with Crippen molar-refractivity contribution in [1.29, 1.82) is 0 Å². The molecule has 0 aromatic heterocycles. The van der Waals surface area contributed by atoms with Gasteiger partial charge in [-0.25, -0.2) is 0 Å². The first-order chi connectivity index (χ1) is 9.97. The summed E-state index contributed by atoms with van der Waals surface area (Å²) in [6, 6.07) is 5.75. The summed E-state index contributed by atoms with van der Waals surface area (Å²) in [5, 5.41) is 2.91. The number of nitrogens with zero attached hydrogens (tertiary/aromatic N) is 1. The first-order valence-corrected chi connectivity index (χ1v) is 7.13. The van der Waals surface area contributed by atoms with Crippen LogP contribution in [-0.4, -0.2) is 45.2 Å². The predicted octanol–water partition coefficient (Wildman–Crippen LogP) is 1.91. The third-order valence-electron chi connectivity index (χ3n) is 3.05. The number of benzene rings is 1. The standard InChI is InChI=1S/C16H26N2O3/c1-12(2)9-17-15(19)11-18(3)10-13-7-6-8-14(20-4)16(13)21-5/h6-8,12H,9-11H2,1-5H3,(H,17,19). The van der Waals surface area contributed by atoms with Gasteiger partial charge in [-0.05, 0) is 19.0 Å². The number of hydrogen-bond donors (Lipinski definition) is 1. The Hall–Kier alpha value is -1.75. The third-order valence-corrected chi connectivity index (χ3v) is 3.05. The summed E-state index contributed by atoms with van der Waals surface area (Å²) in [5.74, 6) is 1.91. The van der Waals surface area contributed by atoms with Gasteiger partial charge in [0.25, 0.3) is 0 Å². The number of nitrogens with one attached hydrogen (secondary N) is 1. The second kappa shape index (κ2) is 8.52. The van der Waals surface area contributed by atoms with Gasteiger partial charge in [0, 0.05) is 18.7 Å². The van der Waals surface area contributed by atoms with E-state index in [-0.39, 0.29) is 5.91 Å². The van der Waals surface area contributed by atoms with Gasteiger partial charge in [0.2, 0.25) is 5.91 Å². The summed E-state index contributed by atoms with van der Waals surface area (Å²) >= 11 is 0. The van der Waals surface area contributed by atoms with Gasteiger partial charge < -0.3 is 14.8 Å². The van der Waals surface area contributed by atoms with Crippen LogP contribution in [-0.2, 0) is 11.3 Å². The molecule has 5 heteroatoms. The van der Waals surface area contributed by atoms with Crippen LogP contribution in [0.5, 0.6) is 11.5 Å². The first-order valence-electron chi connectivity index (χ1n) is 7.13. The van der Waals surface area contributed by atoms with Crippen molar-refractivity contribution in [2.75, 3.05) is 34.4 Å². The van der Waals surface area contributed by atoms with Crippen LogP contribution in [0, 0.1) is 5.92 Å². The van der Waals surface area contributed by atoms with E-state index in [1.165, 1.54) is 0 Å². The lowest BCUT2D eigenvalue weighted by molar-refractivity contribution is -0.122. The van der Waals surface area contributed by atoms with E-state index in [9.17, 15) is 4.79 Å². The average molecular weight is 294 g/mol. The number of likely N-dealkylation sites (N-methyl/N-ethyl adjacent to an activating group) is 1. The van der Waals surface area contributed by atoms with Crippen LogP contribution in [0.4, 0.5) is 0 Å². The summed E-state index contributed by atoms with van der Waals surface area (Å²) in [4.78, 5) is 13.8. The fraction of sp³-hybridized carbons (Fsp3) is 0.562. The van der Waals surface area contributed by atoms with E-state index in [0.717, 1.165) is 11.3 Å². The molecular weight excluding hydrogens is 268 g/mol. The molecule has 1 rings (SSSR count). The van der Waals surface area contributed by atoms with Crippen molar-refractivity contribution < 1.29 is 14.3 Å². The minimum Gasteiger partial charge on any atom is -0.493 e. The molecule has 0 atom stereocenters. The quantitative estimate of drug-likeness (QED) is 0.796. The predicted molar refractivity (Wildman–Crippen MR) is 83.7 cm³/mol. The smallest absolute Gasteiger partial charge is 0.234 e. The number of methoxy groups -OCH3 is 2. The van der Waals surface area contributed by atoms with Gasteiger partial charge in [0.15, 0.2) is 11.5 Å². The molecule has 0 aliphatic rings. The molecule has 1 aromatic carbocycles. The molecule has 118 valence electrons. The monoisotopic (exact) mass is 294 g/mol. The van der Waals surface area contributed by atoms with Crippen LogP contribution in [0.15, 0.2) is 18.2 Å². The van der Waals surface area contributed by atoms with E-state index in [4.69, 9.17) is 9.47 Å². The molecule has 0 saturated carbocycles. The first kappa shape index (κ1) is 17.3. The Bertz CT molecular complexity index is 461. The van der Waals surface area contributed by atoms with E-state index in [2.05, 4.69) is 19.2 Å². The van der Waals surface area contributed by atoms with Crippen molar-refractivity contribution in [2.45, 2.75) is 20.4 Å². The SMILES string of the molecule is COc1cccc(CN(C)CC(=O)NCC(C)C)c1OC. The van der Waals surface area contributed by atoms with Gasteiger partial charge >= 0.3 is 0 Å². The van der Waals surface area contributed by atoms with Crippen molar-refractivity contribution in [1.82, 2.24) is 10.2 Å². The van der Waals surface area contributed by atoms with E-state index in [1.54, 1.807) is 14.2 Å². The van der Waals surface area contributed by atoms with Gasteiger partial charge in [-0.2, -0.15) is 0 Å². The highest BCUT2D eigenvalue weighted by Gasteiger charge is 2.13. The van der Waals surface area contributed by atoms with Crippen molar-refractivity contribution in [3.63, 3.8) is 0 Å². The molecule has 1 aromatic rings. The largest absolute Gasteiger partial charge is 0.493 e. The maximum Gasteiger partial charge on any atom is 0.234 e. The van der Waals surface area contributed by atoms with Gasteiger partial charge in [-0.15, -0.1) is 0 Å². The van der Waals surface area contributed by atoms with Gasteiger partial charge in [0.1, 0.15) is 0 Å². The van der Waals surface area contributed by atoms with Crippen LogP contribution >= 0.6 is 0 Å². The van der Waals surface area contributed by atoms with Crippen LogP contribution in [0.25, 0.3) is 0 Å². The molecular formula is C16H26N2O3. The number of hydrogen-bond acceptors (Lipinski definition) is 4. The van der Waals surface area contributed by atoms with Gasteiger partial charge in [-0.1, -0.05) is 26.0 Å². The maximum absolute atomic E-state index is 11.8. The maximum atomic E-state index is 11.8. The average Bonchev–Trinajstić information content (AvgIpc) is 2.44. The molecule has 1 amide bonds. The Morgan fingerprint density at radius 1 is 1.29 bits per heavy atom. The molecule has 0 heterocycles. The van der Waals surface area contributed by atoms with Crippen LogP contribution < -0.4 is 14.8 Å². The molecule has 1 N–H and O–H groups in total. The lowest BCUT2D eigenvalue weighted by Gasteiger charge is -2.19. The topological polar surface area (TPSA) is 50.8 Å². The Morgan fingerprint density at radius 3 is 2.57 bits per heavy atom. The lowest BCUT2D eigenvalue weighted by atomic mass is 10.1. The molecule has 21 heavy (non-hydrogen) atoms. The Morgan fingerprint density at radius 2 is 2.00 bits per heavy atom. The van der Waals surface area contributed by atoms with Crippen molar-refractivity contribution in [2.24, 2.45) is 5.92 Å². The summed E-state index contributed by atoms with van der Waals surface area (Å²) in [6.07, 6.45) is 0. The fourth-order valence-corrected chi connectivity index (χ4v) is 2.04. The van der Waals surface area contributed by atoms with E-state index < -0.39 is 0 Å². The van der Waals surface area contributed by atoms with E-state index in [1.807, 2.05) is 30.1 Å². The number of ether oxygens (including phenoxy) is 2. The summed E-state index contributed by atoms with van der Waals surface area (Å²) < 4.78 is 10.7. The van der Waals surface area contributed by atoms with Gasteiger partial charge in [-0.3, -0.25) is 9.69 Å². The fourth-order valence-electron chi connectivity index (χ4n) is 2.04. The highest BCUT2D eigenvalue weighted by Crippen LogP contribution is 2.31. The molecule has 0 radical (unpaired) electrons. The second-order valence-electron chi connectivity index (χ2n) is 5.52. The third kappa shape index (κ3) is 5.63. The Kier molecular flexibility index (Phi) is 7.02. The number of amides is 1. The zero-order valence-corrected chi connectivity index (χ0v) is 13.6.